The average molecular weight is 676 g/mol. The summed E-state index contributed by atoms with van der Waals surface area (Å²) < 4.78 is 32.5. The molecule has 272 valence electrons. The molecule has 1 unspecified atom stereocenters. The fourth-order valence-corrected chi connectivity index (χ4v) is 5.86. The van der Waals surface area contributed by atoms with E-state index in [-0.39, 0.29) is 38.6 Å². The van der Waals surface area contributed by atoms with Gasteiger partial charge in [0.05, 0.1) is 13.2 Å². The maximum Gasteiger partial charge on any atom is 0.472 e. The number of nitrogens with two attached hydrogens (primary N) is 1. The van der Waals surface area contributed by atoms with Crippen molar-refractivity contribution in [3.05, 3.63) is 12.2 Å². The van der Waals surface area contributed by atoms with Gasteiger partial charge in [-0.2, -0.15) is 0 Å². The van der Waals surface area contributed by atoms with Crippen LogP contribution in [0.3, 0.4) is 0 Å². The molecular weight excluding hydrogens is 605 g/mol. The molecule has 2 atom stereocenters. The highest BCUT2D eigenvalue weighted by molar-refractivity contribution is 7.47. The Morgan fingerprint density at radius 1 is 0.630 bits per heavy atom. The Morgan fingerprint density at radius 3 is 1.54 bits per heavy atom. The zero-order valence-electron chi connectivity index (χ0n) is 29.6. The smallest absolute Gasteiger partial charge is 0.462 e. The summed E-state index contributed by atoms with van der Waals surface area (Å²) in [7, 11) is -4.36. The van der Waals surface area contributed by atoms with E-state index in [1.807, 2.05) is 0 Å². The Morgan fingerprint density at radius 2 is 1.07 bits per heavy atom. The van der Waals surface area contributed by atoms with Gasteiger partial charge in [-0.3, -0.25) is 18.6 Å². The number of carbonyl (C=O) groups is 2. The van der Waals surface area contributed by atoms with Crippen LogP contribution in [0.25, 0.3) is 0 Å². The number of rotatable bonds is 35. The second kappa shape index (κ2) is 33.6. The van der Waals surface area contributed by atoms with Gasteiger partial charge in [0.2, 0.25) is 0 Å². The maximum absolute atomic E-state index is 12.5. The monoisotopic (exact) mass is 675 g/mol. The van der Waals surface area contributed by atoms with E-state index >= 15 is 0 Å². The molecule has 0 bridgehead atoms. The van der Waals surface area contributed by atoms with Crippen molar-refractivity contribution in [1.29, 1.82) is 0 Å². The molecule has 0 rings (SSSR count). The molecule has 0 aliphatic rings. The first-order chi connectivity index (χ1) is 22.3. The van der Waals surface area contributed by atoms with Gasteiger partial charge in [-0.1, -0.05) is 135 Å². The molecule has 0 saturated heterocycles. The van der Waals surface area contributed by atoms with E-state index in [9.17, 15) is 19.0 Å². The lowest BCUT2D eigenvalue weighted by atomic mass is 10.1. The SMILES string of the molecule is CCCCCCCC/C=C/CCCCCCCCCC(=O)O[C@H](COC(=O)CCCCCCCCCC)COP(=O)(O)OCCN. The number of unbranched alkanes of at least 4 members (excludes halogenated alkanes) is 20. The van der Waals surface area contributed by atoms with Crippen LogP contribution in [-0.4, -0.2) is 49.3 Å². The summed E-state index contributed by atoms with van der Waals surface area (Å²) >= 11 is 0. The van der Waals surface area contributed by atoms with Gasteiger partial charge >= 0.3 is 19.8 Å². The predicted molar refractivity (Wildman–Crippen MR) is 188 cm³/mol. The van der Waals surface area contributed by atoms with Crippen LogP contribution >= 0.6 is 7.82 Å². The highest BCUT2D eigenvalue weighted by Gasteiger charge is 2.25. The molecule has 0 aliphatic carbocycles. The van der Waals surface area contributed by atoms with Crippen molar-refractivity contribution in [3.8, 4) is 0 Å². The zero-order chi connectivity index (χ0) is 34.0. The first kappa shape index (κ1) is 44.8. The minimum Gasteiger partial charge on any atom is -0.462 e. The molecule has 0 radical (unpaired) electrons. The Labute approximate surface area is 281 Å². The van der Waals surface area contributed by atoms with Gasteiger partial charge in [0, 0.05) is 19.4 Å². The first-order valence-electron chi connectivity index (χ1n) is 18.7. The average Bonchev–Trinajstić information content (AvgIpc) is 3.04. The fraction of sp³-hybridized carbons (Fsp3) is 0.889. The van der Waals surface area contributed by atoms with Crippen LogP contribution in [0.1, 0.15) is 174 Å². The summed E-state index contributed by atoms with van der Waals surface area (Å²) in [5, 5.41) is 0. The number of hydrogen-bond acceptors (Lipinski definition) is 8. The van der Waals surface area contributed by atoms with Crippen molar-refractivity contribution >= 4 is 19.8 Å². The second-order valence-corrected chi connectivity index (χ2v) is 13.9. The van der Waals surface area contributed by atoms with E-state index < -0.39 is 26.5 Å². The van der Waals surface area contributed by atoms with E-state index in [1.54, 1.807) is 0 Å². The Kier molecular flexibility index (Phi) is 32.7. The lowest BCUT2D eigenvalue weighted by molar-refractivity contribution is -0.161. The third-order valence-corrected chi connectivity index (χ3v) is 8.89. The quantitative estimate of drug-likeness (QED) is 0.0291. The number of hydrogen-bond donors (Lipinski definition) is 2. The second-order valence-electron chi connectivity index (χ2n) is 12.4. The van der Waals surface area contributed by atoms with Gasteiger partial charge in [0.15, 0.2) is 6.10 Å². The summed E-state index contributed by atoms with van der Waals surface area (Å²) in [6, 6.07) is 0. The predicted octanol–water partition coefficient (Wildman–Crippen LogP) is 9.88. The molecule has 0 heterocycles. The minimum absolute atomic E-state index is 0.0549. The molecule has 0 fully saturated rings. The van der Waals surface area contributed by atoms with Crippen molar-refractivity contribution in [2.45, 2.75) is 180 Å². The number of phosphoric acid groups is 1. The summed E-state index contributed by atoms with van der Waals surface area (Å²) in [6.07, 6.45) is 31.1. The van der Waals surface area contributed by atoms with Crippen LogP contribution in [0, 0.1) is 0 Å². The van der Waals surface area contributed by atoms with Crippen LogP contribution in [0.15, 0.2) is 12.2 Å². The molecule has 0 amide bonds. The van der Waals surface area contributed by atoms with Crippen molar-refractivity contribution < 1.29 is 37.6 Å². The van der Waals surface area contributed by atoms with Gasteiger partial charge in [0.1, 0.15) is 6.61 Å². The lowest BCUT2D eigenvalue weighted by Gasteiger charge is -2.19. The Balaban J connectivity index is 4.17. The third-order valence-electron chi connectivity index (χ3n) is 7.90. The van der Waals surface area contributed by atoms with Crippen LogP contribution in [-0.2, 0) is 32.7 Å². The number of esters is 2. The van der Waals surface area contributed by atoms with Crippen LogP contribution in [0.4, 0.5) is 0 Å². The van der Waals surface area contributed by atoms with Crippen molar-refractivity contribution in [2.75, 3.05) is 26.4 Å². The summed E-state index contributed by atoms with van der Waals surface area (Å²) in [6.45, 7) is 3.68. The fourth-order valence-electron chi connectivity index (χ4n) is 5.10. The summed E-state index contributed by atoms with van der Waals surface area (Å²) in [5.41, 5.74) is 5.32. The number of allylic oxidation sites excluding steroid dienone is 2. The normalized spacial score (nSPS) is 13.6. The summed E-state index contributed by atoms with van der Waals surface area (Å²) in [5.74, 6) is -0.834. The van der Waals surface area contributed by atoms with E-state index in [1.165, 1.54) is 96.3 Å². The molecule has 3 N–H and O–H groups in total. The molecule has 0 aromatic rings. The molecule has 0 aromatic heterocycles. The minimum atomic E-state index is -4.36. The Hall–Kier alpha value is -1.25. The van der Waals surface area contributed by atoms with Crippen LogP contribution in [0.5, 0.6) is 0 Å². The number of phosphoric ester groups is 1. The van der Waals surface area contributed by atoms with Crippen molar-refractivity contribution in [1.82, 2.24) is 0 Å². The van der Waals surface area contributed by atoms with E-state index in [0.29, 0.717) is 6.42 Å². The molecule has 0 aromatic carbocycles. The Bertz CT molecular complexity index is 779. The van der Waals surface area contributed by atoms with E-state index in [0.717, 1.165) is 44.9 Å². The molecule has 10 heteroatoms. The zero-order valence-corrected chi connectivity index (χ0v) is 30.5. The number of ether oxygens (including phenoxy) is 2. The highest BCUT2D eigenvalue weighted by atomic mass is 31.2. The van der Waals surface area contributed by atoms with E-state index in [4.69, 9.17) is 24.3 Å². The molecule has 9 nitrogen and oxygen atoms in total. The highest BCUT2D eigenvalue weighted by Crippen LogP contribution is 2.43. The van der Waals surface area contributed by atoms with Gasteiger partial charge < -0.3 is 20.1 Å². The summed E-state index contributed by atoms with van der Waals surface area (Å²) in [4.78, 5) is 34.5. The van der Waals surface area contributed by atoms with E-state index in [2.05, 4.69) is 26.0 Å². The van der Waals surface area contributed by atoms with Crippen molar-refractivity contribution in [3.63, 3.8) is 0 Å². The molecule has 46 heavy (non-hydrogen) atoms. The van der Waals surface area contributed by atoms with Crippen LogP contribution in [0.2, 0.25) is 0 Å². The van der Waals surface area contributed by atoms with Gasteiger partial charge in [-0.05, 0) is 38.5 Å². The molecular formula is C36H70NO8P. The lowest BCUT2D eigenvalue weighted by Crippen LogP contribution is -2.29. The molecule has 0 aliphatic heterocycles. The maximum atomic E-state index is 12.5. The standard InChI is InChI=1S/C36H70NO8P/c1-3-5-7-9-11-13-14-15-16-17-18-19-20-21-23-25-27-29-36(39)45-34(33-44-46(40,41)43-31-30-37)32-42-35(38)28-26-24-22-12-10-8-6-4-2/h15-16,34H,3-14,17-33,37H2,1-2H3,(H,40,41)/b16-15+/t34-/m1/s1. The number of carbonyl (C=O) groups excluding carboxylic acids is 2. The van der Waals surface area contributed by atoms with Gasteiger partial charge in [0.25, 0.3) is 0 Å². The molecule has 0 saturated carbocycles. The van der Waals surface area contributed by atoms with Crippen LogP contribution < -0.4 is 5.73 Å². The topological polar surface area (TPSA) is 134 Å². The van der Waals surface area contributed by atoms with Crippen molar-refractivity contribution in [2.24, 2.45) is 5.73 Å². The van der Waals surface area contributed by atoms with Gasteiger partial charge in [-0.15, -0.1) is 0 Å². The van der Waals surface area contributed by atoms with Gasteiger partial charge in [-0.25, -0.2) is 4.57 Å². The third kappa shape index (κ3) is 32.7. The molecule has 0 spiro atoms. The largest absolute Gasteiger partial charge is 0.472 e. The first-order valence-corrected chi connectivity index (χ1v) is 20.2.